The standard InChI is InChI=1S/C11H12ClNO3/c1-7(12)6-10(15)13-11(16)8-4-2-3-5-9(8)14/h2-5,7,14H,6H2,1H3,(H,13,15,16). The second kappa shape index (κ2) is 5.51. The number of para-hydroxylation sites is 1. The highest BCUT2D eigenvalue weighted by atomic mass is 35.5. The number of carbonyl (C=O) groups excluding carboxylic acids is 2. The molecule has 5 heteroatoms. The molecule has 0 aliphatic carbocycles. The lowest BCUT2D eigenvalue weighted by Gasteiger charge is -2.06. The van der Waals surface area contributed by atoms with Gasteiger partial charge in [-0.25, -0.2) is 0 Å². The van der Waals surface area contributed by atoms with Crippen molar-refractivity contribution in [2.24, 2.45) is 0 Å². The van der Waals surface area contributed by atoms with Crippen molar-refractivity contribution in [1.82, 2.24) is 5.32 Å². The van der Waals surface area contributed by atoms with Gasteiger partial charge in [0.15, 0.2) is 0 Å². The molecule has 1 atom stereocenters. The van der Waals surface area contributed by atoms with E-state index in [0.29, 0.717) is 0 Å². The van der Waals surface area contributed by atoms with Crippen LogP contribution in [-0.2, 0) is 4.79 Å². The van der Waals surface area contributed by atoms with Gasteiger partial charge in [-0.1, -0.05) is 12.1 Å². The molecule has 0 spiro atoms. The SMILES string of the molecule is CC(Cl)CC(=O)NC(=O)c1ccccc1O. The van der Waals surface area contributed by atoms with Crippen LogP contribution in [0.25, 0.3) is 0 Å². The Morgan fingerprint density at radius 3 is 2.62 bits per heavy atom. The molecule has 0 heterocycles. The number of amides is 2. The minimum absolute atomic E-state index is 0.0564. The normalized spacial score (nSPS) is 11.9. The summed E-state index contributed by atoms with van der Waals surface area (Å²) < 4.78 is 0. The van der Waals surface area contributed by atoms with E-state index in [1.165, 1.54) is 12.1 Å². The monoisotopic (exact) mass is 241 g/mol. The van der Waals surface area contributed by atoms with Crippen LogP contribution in [-0.4, -0.2) is 22.3 Å². The molecule has 1 aromatic rings. The van der Waals surface area contributed by atoms with Crippen molar-refractivity contribution >= 4 is 23.4 Å². The first-order valence-corrected chi connectivity index (χ1v) is 5.20. The second-order valence-corrected chi connectivity index (χ2v) is 4.12. The van der Waals surface area contributed by atoms with Crippen LogP contribution in [0.4, 0.5) is 0 Å². The number of aromatic hydroxyl groups is 1. The van der Waals surface area contributed by atoms with Crippen LogP contribution in [0.15, 0.2) is 24.3 Å². The molecule has 86 valence electrons. The molecule has 0 bridgehead atoms. The Labute approximate surface area is 98.2 Å². The number of hydrogen-bond acceptors (Lipinski definition) is 3. The van der Waals surface area contributed by atoms with E-state index in [-0.39, 0.29) is 23.1 Å². The lowest BCUT2D eigenvalue weighted by Crippen LogP contribution is -2.31. The second-order valence-electron chi connectivity index (χ2n) is 3.38. The van der Waals surface area contributed by atoms with Crippen LogP contribution >= 0.6 is 11.6 Å². The summed E-state index contributed by atoms with van der Waals surface area (Å²) in [5, 5.41) is 11.2. The Balaban J connectivity index is 2.66. The highest BCUT2D eigenvalue weighted by Crippen LogP contribution is 2.15. The van der Waals surface area contributed by atoms with E-state index in [1.54, 1.807) is 19.1 Å². The molecule has 2 amide bonds. The summed E-state index contributed by atoms with van der Waals surface area (Å²) >= 11 is 5.61. The summed E-state index contributed by atoms with van der Waals surface area (Å²) in [6.45, 7) is 1.66. The third-order valence-electron chi connectivity index (χ3n) is 1.87. The number of phenolic OH excluding ortho intramolecular Hbond substituents is 1. The Morgan fingerprint density at radius 2 is 2.06 bits per heavy atom. The molecule has 4 nitrogen and oxygen atoms in total. The van der Waals surface area contributed by atoms with Crippen LogP contribution < -0.4 is 5.32 Å². The number of imide groups is 1. The number of alkyl halides is 1. The van der Waals surface area contributed by atoms with Crippen molar-refractivity contribution < 1.29 is 14.7 Å². The summed E-state index contributed by atoms with van der Waals surface area (Å²) in [5.74, 6) is -1.25. The molecule has 0 fully saturated rings. The van der Waals surface area contributed by atoms with Crippen molar-refractivity contribution in [2.45, 2.75) is 18.7 Å². The fourth-order valence-corrected chi connectivity index (χ4v) is 1.31. The minimum atomic E-state index is -0.625. The minimum Gasteiger partial charge on any atom is -0.507 e. The van der Waals surface area contributed by atoms with Crippen LogP contribution in [0.2, 0.25) is 0 Å². The summed E-state index contributed by atoms with van der Waals surface area (Å²) in [4.78, 5) is 22.8. The molecule has 0 aliphatic heterocycles. The van der Waals surface area contributed by atoms with Crippen LogP contribution in [0.1, 0.15) is 23.7 Å². The summed E-state index contributed by atoms with van der Waals surface area (Å²) in [6, 6.07) is 6.00. The van der Waals surface area contributed by atoms with E-state index >= 15 is 0 Å². The van der Waals surface area contributed by atoms with E-state index in [2.05, 4.69) is 5.32 Å². The maximum atomic E-state index is 11.5. The van der Waals surface area contributed by atoms with E-state index in [4.69, 9.17) is 11.6 Å². The Bertz CT molecular complexity index is 404. The molecule has 0 saturated carbocycles. The Morgan fingerprint density at radius 1 is 1.44 bits per heavy atom. The summed E-state index contributed by atoms with van der Waals surface area (Å²) in [5.41, 5.74) is 0.0677. The smallest absolute Gasteiger partial charge is 0.261 e. The maximum absolute atomic E-state index is 11.5. The zero-order chi connectivity index (χ0) is 12.1. The number of nitrogens with one attached hydrogen (secondary N) is 1. The largest absolute Gasteiger partial charge is 0.507 e. The molecule has 0 aliphatic rings. The number of rotatable bonds is 3. The van der Waals surface area contributed by atoms with Gasteiger partial charge in [0, 0.05) is 11.8 Å². The predicted octanol–water partition coefficient (Wildman–Crippen LogP) is 1.67. The van der Waals surface area contributed by atoms with Gasteiger partial charge in [0.2, 0.25) is 5.91 Å². The number of benzene rings is 1. The molecule has 1 rings (SSSR count). The van der Waals surface area contributed by atoms with Crippen molar-refractivity contribution in [2.75, 3.05) is 0 Å². The van der Waals surface area contributed by atoms with Crippen molar-refractivity contribution in [3.63, 3.8) is 0 Å². The number of phenols is 1. The Hall–Kier alpha value is -1.55. The fraction of sp³-hybridized carbons (Fsp3) is 0.273. The number of carbonyl (C=O) groups is 2. The van der Waals surface area contributed by atoms with Gasteiger partial charge in [0.25, 0.3) is 5.91 Å². The third kappa shape index (κ3) is 3.55. The molecule has 1 unspecified atom stereocenters. The van der Waals surface area contributed by atoms with Crippen molar-refractivity contribution in [3.05, 3.63) is 29.8 Å². The third-order valence-corrected chi connectivity index (χ3v) is 2.02. The molecule has 0 radical (unpaired) electrons. The van der Waals surface area contributed by atoms with Gasteiger partial charge in [-0.2, -0.15) is 0 Å². The molecule has 0 aromatic heterocycles. The zero-order valence-electron chi connectivity index (χ0n) is 8.74. The first-order chi connectivity index (χ1) is 7.50. The first-order valence-electron chi connectivity index (χ1n) is 4.77. The molecule has 1 aromatic carbocycles. The van der Waals surface area contributed by atoms with Crippen LogP contribution in [0, 0.1) is 0 Å². The van der Waals surface area contributed by atoms with Gasteiger partial charge in [0.1, 0.15) is 5.75 Å². The zero-order valence-corrected chi connectivity index (χ0v) is 9.49. The van der Waals surface area contributed by atoms with Crippen molar-refractivity contribution in [1.29, 1.82) is 0 Å². The number of halogens is 1. The average molecular weight is 242 g/mol. The van der Waals surface area contributed by atoms with E-state index in [9.17, 15) is 14.7 Å². The predicted molar refractivity (Wildman–Crippen MR) is 60.5 cm³/mol. The summed E-state index contributed by atoms with van der Waals surface area (Å²) in [6.07, 6.45) is 0.0564. The highest BCUT2D eigenvalue weighted by Gasteiger charge is 2.14. The van der Waals surface area contributed by atoms with Gasteiger partial charge in [-0.3, -0.25) is 14.9 Å². The first kappa shape index (κ1) is 12.5. The summed E-state index contributed by atoms with van der Waals surface area (Å²) in [7, 11) is 0. The maximum Gasteiger partial charge on any atom is 0.261 e. The van der Waals surface area contributed by atoms with Gasteiger partial charge in [-0.15, -0.1) is 11.6 Å². The molecule has 0 saturated heterocycles. The van der Waals surface area contributed by atoms with Crippen LogP contribution in [0.3, 0.4) is 0 Å². The van der Waals surface area contributed by atoms with Crippen LogP contribution in [0.5, 0.6) is 5.75 Å². The van der Waals surface area contributed by atoms with E-state index in [1.807, 2.05) is 0 Å². The van der Waals surface area contributed by atoms with E-state index < -0.39 is 11.8 Å². The Kier molecular flexibility index (Phi) is 4.31. The lowest BCUT2D eigenvalue weighted by molar-refractivity contribution is -0.120. The quantitative estimate of drug-likeness (QED) is 0.791. The van der Waals surface area contributed by atoms with Gasteiger partial charge in [-0.05, 0) is 19.1 Å². The molecular formula is C11H12ClNO3. The van der Waals surface area contributed by atoms with Gasteiger partial charge >= 0.3 is 0 Å². The number of hydrogen-bond donors (Lipinski definition) is 2. The lowest BCUT2D eigenvalue weighted by atomic mass is 10.2. The fourth-order valence-electron chi connectivity index (χ4n) is 1.17. The van der Waals surface area contributed by atoms with E-state index in [0.717, 1.165) is 0 Å². The highest BCUT2D eigenvalue weighted by molar-refractivity contribution is 6.21. The molecule has 2 N–H and O–H groups in total. The van der Waals surface area contributed by atoms with Gasteiger partial charge in [0.05, 0.1) is 5.56 Å². The van der Waals surface area contributed by atoms with Crippen molar-refractivity contribution in [3.8, 4) is 5.75 Å². The topological polar surface area (TPSA) is 66.4 Å². The molecule has 16 heavy (non-hydrogen) atoms. The van der Waals surface area contributed by atoms with Gasteiger partial charge < -0.3 is 5.11 Å². The molecular weight excluding hydrogens is 230 g/mol. The average Bonchev–Trinajstić information content (AvgIpc) is 2.16.